The van der Waals surface area contributed by atoms with E-state index in [9.17, 15) is 4.39 Å². The molecule has 0 fully saturated rings. The first kappa shape index (κ1) is 10.7. The number of nitrogens with zero attached hydrogens (tertiary/aromatic N) is 1. The first-order valence-corrected chi connectivity index (χ1v) is 4.37. The van der Waals surface area contributed by atoms with Crippen molar-refractivity contribution in [1.29, 1.82) is 0 Å². The molecule has 1 rings (SSSR count). The Kier molecular flexibility index (Phi) is 4.64. The minimum absolute atomic E-state index is 0.0408. The maximum atomic E-state index is 12.5. The Balaban J connectivity index is 2.28. The Labute approximate surface area is 82.4 Å². The highest BCUT2D eigenvalue weighted by molar-refractivity contribution is 5.78. The van der Waals surface area contributed by atoms with Crippen LogP contribution in [0.5, 0.6) is 0 Å². The fourth-order valence-corrected chi connectivity index (χ4v) is 0.829. The molecule has 3 nitrogen and oxygen atoms in total. The van der Waals surface area contributed by atoms with E-state index in [1.165, 1.54) is 6.21 Å². The van der Waals surface area contributed by atoms with Gasteiger partial charge in [-0.15, -0.1) is 0 Å². The highest BCUT2D eigenvalue weighted by Gasteiger charge is 2.01. The largest absolute Gasteiger partial charge is 0.393 e. The molecule has 4 heteroatoms. The maximum Gasteiger partial charge on any atom is 0.149 e. The Morgan fingerprint density at radius 1 is 1.43 bits per heavy atom. The minimum Gasteiger partial charge on any atom is -0.393 e. The van der Waals surface area contributed by atoms with Crippen molar-refractivity contribution in [3.05, 3.63) is 35.9 Å². The number of alkyl halides is 1. The summed E-state index contributed by atoms with van der Waals surface area (Å²) in [5.74, 6) is 0. The first-order valence-electron chi connectivity index (χ1n) is 4.37. The van der Waals surface area contributed by atoms with Crippen LogP contribution < -0.4 is 5.73 Å². The molecule has 0 saturated heterocycles. The van der Waals surface area contributed by atoms with Crippen LogP contribution in [0.2, 0.25) is 0 Å². The lowest BCUT2D eigenvalue weighted by Gasteiger charge is -2.01. The van der Waals surface area contributed by atoms with Crippen LogP contribution >= 0.6 is 0 Å². The van der Waals surface area contributed by atoms with Gasteiger partial charge in [-0.2, -0.15) is 0 Å². The molecule has 0 aliphatic rings. The van der Waals surface area contributed by atoms with E-state index in [4.69, 9.17) is 10.6 Å². The molecular formula is C10H13FN2O. The number of nitrogens with two attached hydrogens (primary N) is 1. The quantitative estimate of drug-likeness (QED) is 0.570. The van der Waals surface area contributed by atoms with Crippen LogP contribution in [0, 0.1) is 0 Å². The van der Waals surface area contributed by atoms with Gasteiger partial charge < -0.3 is 10.6 Å². The fourth-order valence-electron chi connectivity index (χ4n) is 0.829. The van der Waals surface area contributed by atoms with Crippen molar-refractivity contribution in [2.24, 2.45) is 10.9 Å². The molecule has 0 spiro atoms. The Morgan fingerprint density at radius 2 is 2.14 bits per heavy atom. The number of oxime groups is 1. The average molecular weight is 196 g/mol. The molecule has 0 aliphatic heterocycles. The third-order valence-electron chi connectivity index (χ3n) is 1.59. The molecule has 1 aromatic rings. The van der Waals surface area contributed by atoms with Gasteiger partial charge in [-0.05, 0) is 5.56 Å². The topological polar surface area (TPSA) is 47.6 Å². The van der Waals surface area contributed by atoms with Gasteiger partial charge >= 0.3 is 0 Å². The molecule has 1 unspecified atom stereocenters. The highest BCUT2D eigenvalue weighted by Crippen LogP contribution is 1.95. The van der Waals surface area contributed by atoms with Gasteiger partial charge in [0.2, 0.25) is 0 Å². The molecule has 1 atom stereocenters. The summed E-state index contributed by atoms with van der Waals surface area (Å²) in [5, 5.41) is 3.61. The number of hydrogen-bond acceptors (Lipinski definition) is 3. The van der Waals surface area contributed by atoms with E-state index in [0.29, 0.717) is 0 Å². The minimum atomic E-state index is -1.15. The third-order valence-corrected chi connectivity index (χ3v) is 1.59. The highest BCUT2D eigenvalue weighted by atomic mass is 19.1. The molecule has 0 aromatic heterocycles. The smallest absolute Gasteiger partial charge is 0.149 e. The summed E-state index contributed by atoms with van der Waals surface area (Å²) in [6, 6.07) is 9.44. The van der Waals surface area contributed by atoms with Crippen molar-refractivity contribution in [2.75, 3.05) is 13.2 Å². The molecule has 1 aromatic carbocycles. The Bertz CT molecular complexity index is 277. The molecule has 0 saturated carbocycles. The summed E-state index contributed by atoms with van der Waals surface area (Å²) in [7, 11) is 0. The van der Waals surface area contributed by atoms with E-state index >= 15 is 0 Å². The Hall–Kier alpha value is -1.42. The van der Waals surface area contributed by atoms with Crippen molar-refractivity contribution in [3.8, 4) is 0 Å². The van der Waals surface area contributed by atoms with Crippen LogP contribution in [0.3, 0.4) is 0 Å². The summed E-state index contributed by atoms with van der Waals surface area (Å²) in [4.78, 5) is 4.70. The molecule has 76 valence electrons. The second-order valence-corrected chi connectivity index (χ2v) is 2.77. The van der Waals surface area contributed by atoms with Gasteiger partial charge in [0.05, 0.1) is 6.21 Å². The zero-order chi connectivity index (χ0) is 10.2. The van der Waals surface area contributed by atoms with Gasteiger partial charge in [0.25, 0.3) is 0 Å². The van der Waals surface area contributed by atoms with Crippen molar-refractivity contribution in [1.82, 2.24) is 0 Å². The van der Waals surface area contributed by atoms with Crippen molar-refractivity contribution in [3.63, 3.8) is 0 Å². The van der Waals surface area contributed by atoms with Crippen LogP contribution in [-0.2, 0) is 4.84 Å². The SMILES string of the molecule is NCC(F)CO/N=C/c1ccccc1. The molecule has 0 heterocycles. The number of rotatable bonds is 5. The molecule has 0 radical (unpaired) electrons. The first-order chi connectivity index (χ1) is 6.83. The van der Waals surface area contributed by atoms with Gasteiger partial charge in [-0.1, -0.05) is 35.5 Å². The van der Waals surface area contributed by atoms with Crippen LogP contribution in [0.25, 0.3) is 0 Å². The Morgan fingerprint density at radius 3 is 2.79 bits per heavy atom. The molecule has 0 bridgehead atoms. The summed E-state index contributed by atoms with van der Waals surface area (Å²) in [6.07, 6.45) is 0.381. The van der Waals surface area contributed by atoms with E-state index in [-0.39, 0.29) is 13.2 Å². The van der Waals surface area contributed by atoms with Gasteiger partial charge in [-0.25, -0.2) is 4.39 Å². The van der Waals surface area contributed by atoms with Gasteiger partial charge in [0, 0.05) is 6.54 Å². The maximum absolute atomic E-state index is 12.5. The van der Waals surface area contributed by atoms with Crippen LogP contribution in [0.4, 0.5) is 4.39 Å². The molecule has 0 aliphatic carbocycles. The van der Waals surface area contributed by atoms with E-state index in [1.807, 2.05) is 30.3 Å². The predicted octanol–water partition coefficient (Wildman–Crippen LogP) is 1.33. The van der Waals surface area contributed by atoms with E-state index in [2.05, 4.69) is 5.16 Å². The number of halogens is 1. The zero-order valence-electron chi connectivity index (χ0n) is 7.77. The molecular weight excluding hydrogens is 183 g/mol. The van der Waals surface area contributed by atoms with Crippen molar-refractivity contribution >= 4 is 6.21 Å². The monoisotopic (exact) mass is 196 g/mol. The predicted molar refractivity (Wildman–Crippen MR) is 53.9 cm³/mol. The molecule has 14 heavy (non-hydrogen) atoms. The van der Waals surface area contributed by atoms with Gasteiger partial charge in [0.15, 0.2) is 0 Å². The second-order valence-electron chi connectivity index (χ2n) is 2.77. The fraction of sp³-hybridized carbons (Fsp3) is 0.300. The lowest BCUT2D eigenvalue weighted by atomic mass is 10.2. The summed E-state index contributed by atoms with van der Waals surface area (Å²) in [5.41, 5.74) is 5.97. The normalized spacial score (nSPS) is 13.0. The van der Waals surface area contributed by atoms with Crippen LogP contribution in [-0.4, -0.2) is 25.5 Å². The molecule has 0 amide bonds. The lowest BCUT2D eigenvalue weighted by molar-refractivity contribution is 0.0910. The summed E-state index contributed by atoms with van der Waals surface area (Å²) < 4.78 is 12.5. The lowest BCUT2D eigenvalue weighted by Crippen LogP contribution is -2.19. The number of benzene rings is 1. The van der Waals surface area contributed by atoms with Gasteiger partial charge in [0.1, 0.15) is 12.8 Å². The number of hydrogen-bond donors (Lipinski definition) is 1. The van der Waals surface area contributed by atoms with Crippen LogP contribution in [0.15, 0.2) is 35.5 Å². The zero-order valence-corrected chi connectivity index (χ0v) is 7.77. The van der Waals surface area contributed by atoms with Crippen molar-refractivity contribution in [2.45, 2.75) is 6.17 Å². The third kappa shape index (κ3) is 4.00. The van der Waals surface area contributed by atoms with Crippen molar-refractivity contribution < 1.29 is 9.23 Å². The molecule has 2 N–H and O–H groups in total. The second kappa shape index (κ2) is 6.10. The average Bonchev–Trinajstić information content (AvgIpc) is 2.25. The van der Waals surface area contributed by atoms with E-state index in [1.54, 1.807) is 0 Å². The van der Waals surface area contributed by atoms with Crippen LogP contribution in [0.1, 0.15) is 5.56 Å². The van der Waals surface area contributed by atoms with E-state index < -0.39 is 6.17 Å². The standard InChI is InChI=1S/C10H13FN2O/c11-10(6-12)8-14-13-7-9-4-2-1-3-5-9/h1-5,7,10H,6,8,12H2/b13-7+. The summed E-state index contributed by atoms with van der Waals surface area (Å²) >= 11 is 0. The van der Waals surface area contributed by atoms with Gasteiger partial charge in [-0.3, -0.25) is 0 Å². The van der Waals surface area contributed by atoms with E-state index in [0.717, 1.165) is 5.56 Å². The summed E-state index contributed by atoms with van der Waals surface area (Å²) in [6.45, 7) is -0.138.